The van der Waals surface area contributed by atoms with E-state index in [2.05, 4.69) is 0 Å². The van der Waals surface area contributed by atoms with Gasteiger partial charge >= 0.3 is 5.97 Å². The molecule has 1 heterocycles. The monoisotopic (exact) mass is 349 g/mol. The molecular formula is C17H23N3O5. The highest BCUT2D eigenvalue weighted by Crippen LogP contribution is 2.22. The second-order valence-electron chi connectivity index (χ2n) is 6.44. The summed E-state index contributed by atoms with van der Waals surface area (Å²) in [7, 11) is 1.78. The van der Waals surface area contributed by atoms with Gasteiger partial charge in [0, 0.05) is 36.8 Å². The van der Waals surface area contributed by atoms with Crippen LogP contribution in [0.25, 0.3) is 0 Å². The van der Waals surface area contributed by atoms with Gasteiger partial charge in [-0.2, -0.15) is 0 Å². The molecule has 1 aliphatic heterocycles. The molecule has 1 N–H and O–H groups in total. The molecule has 0 aliphatic carbocycles. The molecule has 1 aromatic carbocycles. The summed E-state index contributed by atoms with van der Waals surface area (Å²) in [6.45, 7) is 2.81. The molecule has 1 aliphatic rings. The number of carboxylic acids is 1. The first-order valence-electron chi connectivity index (χ1n) is 8.26. The molecule has 0 spiro atoms. The minimum Gasteiger partial charge on any atom is -0.480 e. The van der Waals surface area contributed by atoms with Crippen molar-refractivity contribution < 1.29 is 19.6 Å². The van der Waals surface area contributed by atoms with Crippen molar-refractivity contribution in [2.24, 2.45) is 0 Å². The highest BCUT2D eigenvalue weighted by Gasteiger charge is 2.26. The van der Waals surface area contributed by atoms with Gasteiger partial charge in [0.05, 0.1) is 11.5 Å². The number of carboxylic acid groups (broad SMARTS) is 1. The van der Waals surface area contributed by atoms with E-state index in [1.807, 2.05) is 0 Å². The maximum Gasteiger partial charge on any atom is 0.317 e. The fraction of sp³-hybridized carbons (Fsp3) is 0.529. The number of non-ortho nitro benzene ring substituents is 1. The van der Waals surface area contributed by atoms with Gasteiger partial charge in [-0.1, -0.05) is 6.07 Å². The summed E-state index contributed by atoms with van der Waals surface area (Å²) in [5.74, 6) is -1.07. The number of nitrogens with zero attached hydrogens (tertiary/aromatic N) is 3. The molecule has 1 saturated heterocycles. The topological polar surface area (TPSA) is 104 Å². The smallest absolute Gasteiger partial charge is 0.317 e. The lowest BCUT2D eigenvalue weighted by Gasteiger charge is -2.25. The summed E-state index contributed by atoms with van der Waals surface area (Å²) in [5, 5.41) is 19.9. The Morgan fingerprint density at radius 3 is 2.72 bits per heavy atom. The maximum absolute atomic E-state index is 12.8. The second-order valence-corrected chi connectivity index (χ2v) is 6.44. The number of amides is 1. The summed E-state index contributed by atoms with van der Waals surface area (Å²) < 4.78 is 0. The van der Waals surface area contributed by atoms with E-state index in [0.29, 0.717) is 30.6 Å². The lowest BCUT2D eigenvalue weighted by atomic mass is 10.1. The molecule has 0 radical (unpaired) electrons. The number of aryl methyl sites for hydroxylation is 1. The molecule has 1 atom stereocenters. The molecule has 136 valence electrons. The van der Waals surface area contributed by atoms with Gasteiger partial charge in [0.1, 0.15) is 0 Å². The molecule has 0 bridgehead atoms. The molecule has 25 heavy (non-hydrogen) atoms. The minimum atomic E-state index is -0.869. The third-order valence-corrected chi connectivity index (χ3v) is 4.66. The van der Waals surface area contributed by atoms with Gasteiger partial charge in [0.25, 0.3) is 11.6 Å². The van der Waals surface area contributed by atoms with Crippen LogP contribution in [-0.2, 0) is 4.79 Å². The van der Waals surface area contributed by atoms with Gasteiger partial charge in [-0.25, -0.2) is 0 Å². The van der Waals surface area contributed by atoms with Crippen molar-refractivity contribution in [1.29, 1.82) is 0 Å². The van der Waals surface area contributed by atoms with Crippen LogP contribution >= 0.6 is 0 Å². The van der Waals surface area contributed by atoms with Gasteiger partial charge in [0.2, 0.25) is 0 Å². The first-order valence-corrected chi connectivity index (χ1v) is 8.26. The highest BCUT2D eigenvalue weighted by molar-refractivity contribution is 5.96. The van der Waals surface area contributed by atoms with Gasteiger partial charge in [-0.3, -0.25) is 24.6 Å². The first-order chi connectivity index (χ1) is 11.8. The predicted molar refractivity (Wildman–Crippen MR) is 91.6 cm³/mol. The van der Waals surface area contributed by atoms with Crippen LogP contribution in [0, 0.1) is 17.0 Å². The highest BCUT2D eigenvalue weighted by atomic mass is 16.6. The average Bonchev–Trinajstić information content (AvgIpc) is 2.80. The maximum atomic E-state index is 12.8. The third kappa shape index (κ3) is 4.76. The zero-order valence-corrected chi connectivity index (χ0v) is 14.5. The second kappa shape index (κ2) is 8.06. The number of rotatable bonds is 5. The SMILES string of the molecule is Cc1ccc([N+](=O)[O-])cc1C(=O)N1CCCC(N(C)CC(=O)O)CC1. The summed E-state index contributed by atoms with van der Waals surface area (Å²) in [5.41, 5.74) is 0.966. The number of nitro groups is 1. The van der Waals surface area contributed by atoms with E-state index in [9.17, 15) is 19.7 Å². The van der Waals surface area contributed by atoms with Crippen molar-refractivity contribution in [3.63, 3.8) is 0 Å². The number of nitro benzene ring substituents is 1. The van der Waals surface area contributed by atoms with E-state index in [-0.39, 0.29) is 24.2 Å². The molecule has 1 amide bonds. The quantitative estimate of drug-likeness (QED) is 0.643. The van der Waals surface area contributed by atoms with E-state index in [4.69, 9.17) is 5.11 Å². The third-order valence-electron chi connectivity index (χ3n) is 4.66. The van der Waals surface area contributed by atoms with Crippen molar-refractivity contribution in [2.45, 2.75) is 32.2 Å². The Kier molecular flexibility index (Phi) is 6.08. The van der Waals surface area contributed by atoms with Crippen molar-refractivity contribution in [2.75, 3.05) is 26.7 Å². The van der Waals surface area contributed by atoms with Gasteiger partial charge in [-0.15, -0.1) is 0 Å². The molecular weight excluding hydrogens is 326 g/mol. The van der Waals surface area contributed by atoms with Crippen molar-refractivity contribution in [3.8, 4) is 0 Å². The number of likely N-dealkylation sites (N-methyl/N-ethyl adjacent to an activating group) is 1. The summed E-state index contributed by atoms with van der Waals surface area (Å²) in [6, 6.07) is 4.43. The number of likely N-dealkylation sites (tertiary alicyclic amines) is 1. The van der Waals surface area contributed by atoms with Crippen LogP contribution in [0.3, 0.4) is 0 Å². The van der Waals surface area contributed by atoms with Crippen LogP contribution in [0.5, 0.6) is 0 Å². The molecule has 0 aromatic heterocycles. The fourth-order valence-electron chi connectivity index (χ4n) is 3.19. The Hall–Kier alpha value is -2.48. The molecule has 1 aromatic rings. The summed E-state index contributed by atoms with van der Waals surface area (Å²) >= 11 is 0. The lowest BCUT2D eigenvalue weighted by molar-refractivity contribution is -0.384. The Balaban J connectivity index is 2.10. The van der Waals surface area contributed by atoms with Crippen LogP contribution in [-0.4, -0.2) is 64.4 Å². The van der Waals surface area contributed by atoms with Crippen molar-refractivity contribution in [3.05, 3.63) is 39.4 Å². The van der Waals surface area contributed by atoms with Crippen LogP contribution < -0.4 is 0 Å². The minimum absolute atomic E-state index is 0.0252. The largest absolute Gasteiger partial charge is 0.480 e. The standard InChI is InChI=1S/C17H23N3O5/c1-12-5-6-14(20(24)25)10-15(12)17(23)19-8-3-4-13(7-9-19)18(2)11-16(21)22/h5-6,10,13H,3-4,7-9,11H2,1-2H3,(H,21,22). The number of hydrogen-bond donors (Lipinski definition) is 1. The fourth-order valence-corrected chi connectivity index (χ4v) is 3.19. The normalized spacial score (nSPS) is 18.0. The number of aliphatic carboxylic acids is 1. The number of hydrogen-bond acceptors (Lipinski definition) is 5. The molecule has 8 nitrogen and oxygen atoms in total. The predicted octanol–water partition coefficient (Wildman–Crippen LogP) is 1.91. The zero-order chi connectivity index (χ0) is 18.6. The van der Waals surface area contributed by atoms with E-state index in [1.54, 1.807) is 29.8 Å². The van der Waals surface area contributed by atoms with Crippen LogP contribution in [0.4, 0.5) is 5.69 Å². The van der Waals surface area contributed by atoms with E-state index in [1.165, 1.54) is 12.1 Å². The summed E-state index contributed by atoms with van der Waals surface area (Å²) in [6.07, 6.45) is 2.28. The zero-order valence-electron chi connectivity index (χ0n) is 14.5. The average molecular weight is 349 g/mol. The van der Waals surface area contributed by atoms with E-state index >= 15 is 0 Å². The lowest BCUT2D eigenvalue weighted by Crippen LogP contribution is -2.37. The van der Waals surface area contributed by atoms with E-state index < -0.39 is 10.9 Å². The van der Waals surface area contributed by atoms with Crippen LogP contribution in [0.1, 0.15) is 35.2 Å². The van der Waals surface area contributed by atoms with E-state index in [0.717, 1.165) is 12.8 Å². The summed E-state index contributed by atoms with van der Waals surface area (Å²) in [4.78, 5) is 37.6. The molecule has 0 saturated carbocycles. The Morgan fingerprint density at radius 2 is 2.08 bits per heavy atom. The Morgan fingerprint density at radius 1 is 1.36 bits per heavy atom. The molecule has 2 rings (SSSR count). The Labute approximate surface area is 146 Å². The van der Waals surface area contributed by atoms with Gasteiger partial charge in [-0.05, 0) is 38.8 Å². The van der Waals surface area contributed by atoms with Crippen LogP contribution in [0.2, 0.25) is 0 Å². The molecule has 8 heteroatoms. The van der Waals surface area contributed by atoms with Gasteiger partial charge < -0.3 is 10.0 Å². The van der Waals surface area contributed by atoms with Gasteiger partial charge in [0.15, 0.2) is 0 Å². The number of carbonyl (C=O) groups excluding carboxylic acids is 1. The first kappa shape index (κ1) is 18.9. The molecule has 1 unspecified atom stereocenters. The van der Waals surface area contributed by atoms with Crippen molar-refractivity contribution in [1.82, 2.24) is 9.80 Å². The van der Waals surface area contributed by atoms with Crippen LogP contribution in [0.15, 0.2) is 18.2 Å². The molecule has 1 fully saturated rings. The Bertz CT molecular complexity index is 676. The van der Waals surface area contributed by atoms with Crippen molar-refractivity contribution >= 4 is 17.6 Å². The number of benzene rings is 1. The number of carbonyl (C=O) groups is 2.